The second-order valence-corrected chi connectivity index (χ2v) is 8.69. The molecule has 5 nitrogen and oxygen atoms in total. The van der Waals surface area contributed by atoms with Crippen LogP contribution in [0.1, 0.15) is 37.7 Å². The topological polar surface area (TPSA) is 31.7 Å². The Kier molecular flexibility index (Phi) is 6.02. The summed E-state index contributed by atoms with van der Waals surface area (Å²) in [6.45, 7) is 5.23. The quantitative estimate of drug-likeness (QED) is 0.809. The molecular formula is C23H34N4O. The molecule has 5 heteroatoms. The molecule has 3 heterocycles. The smallest absolute Gasteiger partial charge is 0.324 e. The number of para-hydroxylation sites is 1. The zero-order chi connectivity index (χ0) is 19.5. The van der Waals surface area contributed by atoms with Crippen LogP contribution in [0.3, 0.4) is 0 Å². The molecule has 0 unspecified atom stereocenters. The molecule has 2 aliphatic rings. The summed E-state index contributed by atoms with van der Waals surface area (Å²) in [5, 5.41) is 1.21. The number of rotatable bonds is 4. The number of hydrogen-bond donors (Lipinski definition) is 0. The monoisotopic (exact) mass is 382 g/mol. The molecule has 152 valence electrons. The SMILES string of the molecule is CN(C)CCc1cn(C(=O)N2CCC(N3CCCCC3)CC2)c2ccccc12. The van der Waals surface area contributed by atoms with Crippen molar-refractivity contribution in [3.05, 3.63) is 36.0 Å². The molecule has 2 saturated heterocycles. The summed E-state index contributed by atoms with van der Waals surface area (Å²) in [4.78, 5) is 20.2. The normalized spacial score (nSPS) is 19.6. The summed E-state index contributed by atoms with van der Waals surface area (Å²) in [5.41, 5.74) is 2.31. The van der Waals surface area contributed by atoms with Crippen molar-refractivity contribution in [1.82, 2.24) is 19.3 Å². The van der Waals surface area contributed by atoms with E-state index in [-0.39, 0.29) is 6.03 Å². The number of likely N-dealkylation sites (N-methyl/N-ethyl adjacent to an activating group) is 1. The van der Waals surface area contributed by atoms with Crippen molar-refractivity contribution in [2.45, 2.75) is 44.6 Å². The maximum absolute atomic E-state index is 13.3. The molecule has 0 N–H and O–H groups in total. The van der Waals surface area contributed by atoms with Gasteiger partial charge in [-0.3, -0.25) is 4.57 Å². The highest BCUT2D eigenvalue weighted by molar-refractivity contribution is 5.93. The molecular weight excluding hydrogens is 348 g/mol. The predicted molar refractivity (Wildman–Crippen MR) is 115 cm³/mol. The molecule has 2 fully saturated rings. The summed E-state index contributed by atoms with van der Waals surface area (Å²) in [7, 11) is 4.19. The van der Waals surface area contributed by atoms with Gasteiger partial charge in [-0.1, -0.05) is 24.6 Å². The van der Waals surface area contributed by atoms with E-state index in [0.29, 0.717) is 6.04 Å². The zero-order valence-electron chi connectivity index (χ0n) is 17.4. The average molecular weight is 383 g/mol. The molecule has 4 rings (SSSR count). The van der Waals surface area contributed by atoms with Gasteiger partial charge in [0.1, 0.15) is 0 Å². The van der Waals surface area contributed by atoms with Crippen molar-refractivity contribution >= 4 is 16.9 Å². The maximum Gasteiger partial charge on any atom is 0.328 e. The number of amides is 1. The van der Waals surface area contributed by atoms with E-state index in [1.807, 2.05) is 10.6 Å². The number of piperidine rings is 2. The fourth-order valence-corrected chi connectivity index (χ4v) is 4.81. The van der Waals surface area contributed by atoms with Crippen molar-refractivity contribution in [3.8, 4) is 0 Å². The standard InChI is InChI=1S/C23H34N4O/c1-24(2)15-10-19-18-27(22-9-5-4-8-21(19)22)23(28)26-16-11-20(12-17-26)25-13-6-3-7-14-25/h4-5,8-9,18,20H,3,6-7,10-17H2,1-2H3. The third-order valence-corrected chi connectivity index (χ3v) is 6.47. The first-order valence-corrected chi connectivity index (χ1v) is 10.9. The Morgan fingerprint density at radius 1 is 1.04 bits per heavy atom. The molecule has 28 heavy (non-hydrogen) atoms. The molecule has 0 saturated carbocycles. The largest absolute Gasteiger partial charge is 0.328 e. The average Bonchev–Trinajstić information content (AvgIpc) is 3.11. The minimum Gasteiger partial charge on any atom is -0.324 e. The van der Waals surface area contributed by atoms with Gasteiger partial charge in [-0.25, -0.2) is 4.79 Å². The number of nitrogens with zero attached hydrogens (tertiary/aromatic N) is 4. The molecule has 2 aromatic rings. The number of fused-ring (bicyclic) bond motifs is 1. The van der Waals surface area contributed by atoms with Crippen molar-refractivity contribution in [2.24, 2.45) is 0 Å². The van der Waals surface area contributed by atoms with Gasteiger partial charge in [-0.05, 0) is 70.9 Å². The van der Waals surface area contributed by atoms with Crippen molar-refractivity contribution in [3.63, 3.8) is 0 Å². The second kappa shape index (κ2) is 8.66. The first-order chi connectivity index (χ1) is 13.6. The lowest BCUT2D eigenvalue weighted by Crippen LogP contribution is -2.48. The van der Waals surface area contributed by atoms with E-state index < -0.39 is 0 Å². The molecule has 0 aliphatic carbocycles. The lowest BCUT2D eigenvalue weighted by molar-refractivity contribution is 0.102. The Labute approximate surface area is 168 Å². The number of carbonyl (C=O) groups is 1. The van der Waals surface area contributed by atoms with Gasteiger partial charge in [0, 0.05) is 37.3 Å². The van der Waals surface area contributed by atoms with Crippen LogP contribution >= 0.6 is 0 Å². The van der Waals surface area contributed by atoms with Crippen LogP contribution in [-0.4, -0.2) is 78.2 Å². The molecule has 1 aromatic heterocycles. The highest BCUT2D eigenvalue weighted by Crippen LogP contribution is 2.25. The first-order valence-electron chi connectivity index (χ1n) is 10.9. The van der Waals surface area contributed by atoms with Crippen LogP contribution in [0, 0.1) is 0 Å². The zero-order valence-corrected chi connectivity index (χ0v) is 17.4. The molecule has 1 aromatic carbocycles. The highest BCUT2D eigenvalue weighted by atomic mass is 16.2. The fraction of sp³-hybridized carbons (Fsp3) is 0.609. The lowest BCUT2D eigenvalue weighted by atomic mass is 10.0. The molecule has 1 amide bonds. The van der Waals surface area contributed by atoms with Gasteiger partial charge in [-0.2, -0.15) is 0 Å². The van der Waals surface area contributed by atoms with E-state index >= 15 is 0 Å². The Morgan fingerprint density at radius 3 is 2.46 bits per heavy atom. The lowest BCUT2D eigenvalue weighted by Gasteiger charge is -2.40. The molecule has 0 spiro atoms. The van der Waals surface area contributed by atoms with E-state index in [1.165, 1.54) is 43.3 Å². The summed E-state index contributed by atoms with van der Waals surface area (Å²) in [6.07, 6.45) is 9.31. The molecule has 2 aliphatic heterocycles. The Hall–Kier alpha value is -1.85. The van der Waals surface area contributed by atoms with E-state index in [1.54, 1.807) is 0 Å². The van der Waals surface area contributed by atoms with E-state index in [0.717, 1.165) is 44.4 Å². The van der Waals surface area contributed by atoms with Crippen LogP contribution in [0.4, 0.5) is 4.79 Å². The van der Waals surface area contributed by atoms with Gasteiger partial charge in [-0.15, -0.1) is 0 Å². The van der Waals surface area contributed by atoms with Crippen molar-refractivity contribution in [2.75, 3.05) is 46.8 Å². The number of carbonyl (C=O) groups excluding carboxylic acids is 1. The predicted octanol–water partition coefficient (Wildman–Crippen LogP) is 3.66. The second-order valence-electron chi connectivity index (χ2n) is 8.69. The number of aromatic nitrogens is 1. The summed E-state index contributed by atoms with van der Waals surface area (Å²) < 4.78 is 1.89. The number of benzene rings is 1. The third-order valence-electron chi connectivity index (χ3n) is 6.47. The van der Waals surface area contributed by atoms with Gasteiger partial charge in [0.2, 0.25) is 0 Å². The summed E-state index contributed by atoms with van der Waals surface area (Å²) in [6, 6.07) is 9.13. The van der Waals surface area contributed by atoms with E-state index in [2.05, 4.69) is 53.2 Å². The maximum atomic E-state index is 13.3. The summed E-state index contributed by atoms with van der Waals surface area (Å²) >= 11 is 0. The van der Waals surface area contributed by atoms with Gasteiger partial charge >= 0.3 is 6.03 Å². The number of likely N-dealkylation sites (tertiary alicyclic amines) is 2. The molecule has 0 bridgehead atoms. The van der Waals surface area contributed by atoms with Crippen LogP contribution in [0.5, 0.6) is 0 Å². The fourth-order valence-electron chi connectivity index (χ4n) is 4.81. The van der Waals surface area contributed by atoms with Gasteiger partial charge in [0.15, 0.2) is 0 Å². The Morgan fingerprint density at radius 2 is 1.75 bits per heavy atom. The van der Waals surface area contributed by atoms with Crippen LogP contribution in [0.25, 0.3) is 10.9 Å². The summed E-state index contributed by atoms with van der Waals surface area (Å²) in [5.74, 6) is 0. The van der Waals surface area contributed by atoms with Crippen LogP contribution in [0.15, 0.2) is 30.5 Å². The first kappa shape index (κ1) is 19.5. The number of hydrogen-bond acceptors (Lipinski definition) is 3. The third kappa shape index (κ3) is 4.11. The van der Waals surface area contributed by atoms with Crippen LogP contribution < -0.4 is 0 Å². The van der Waals surface area contributed by atoms with Gasteiger partial charge < -0.3 is 14.7 Å². The Balaban J connectivity index is 1.47. The van der Waals surface area contributed by atoms with Crippen LogP contribution in [0.2, 0.25) is 0 Å². The Bertz CT molecular complexity index is 798. The van der Waals surface area contributed by atoms with Crippen molar-refractivity contribution in [1.29, 1.82) is 0 Å². The minimum atomic E-state index is 0.143. The van der Waals surface area contributed by atoms with Gasteiger partial charge in [0.25, 0.3) is 0 Å². The highest BCUT2D eigenvalue weighted by Gasteiger charge is 2.28. The van der Waals surface area contributed by atoms with Crippen LogP contribution in [-0.2, 0) is 6.42 Å². The van der Waals surface area contributed by atoms with E-state index in [4.69, 9.17) is 0 Å². The van der Waals surface area contributed by atoms with Crippen molar-refractivity contribution < 1.29 is 4.79 Å². The minimum absolute atomic E-state index is 0.143. The molecule has 0 atom stereocenters. The van der Waals surface area contributed by atoms with Gasteiger partial charge in [0.05, 0.1) is 5.52 Å². The molecule has 0 radical (unpaired) electrons. The van der Waals surface area contributed by atoms with E-state index in [9.17, 15) is 4.79 Å².